The lowest BCUT2D eigenvalue weighted by atomic mass is 10.2. The summed E-state index contributed by atoms with van der Waals surface area (Å²) in [5.74, 6) is 1.03. The molecule has 4 aromatic rings. The topological polar surface area (TPSA) is 29.3 Å². The number of aromatic nitrogens is 2. The van der Waals surface area contributed by atoms with E-state index < -0.39 is 0 Å². The molecule has 0 amide bonds. The monoisotopic (exact) mass is 353 g/mol. The molecule has 0 spiro atoms. The summed E-state index contributed by atoms with van der Waals surface area (Å²) in [5.41, 5.74) is 6.72. The molecule has 0 atom stereocenters. The van der Waals surface area contributed by atoms with Gasteiger partial charge < -0.3 is 5.32 Å². The van der Waals surface area contributed by atoms with Crippen LogP contribution in [0.1, 0.15) is 28.1 Å². The summed E-state index contributed by atoms with van der Waals surface area (Å²) in [4.78, 5) is 4.88. The zero-order valence-corrected chi connectivity index (χ0v) is 15.7. The zero-order chi connectivity index (χ0) is 18.6. The Morgan fingerprint density at radius 2 is 1.59 bits per heavy atom. The van der Waals surface area contributed by atoms with E-state index in [1.807, 2.05) is 24.3 Å². The second kappa shape index (κ2) is 7.50. The van der Waals surface area contributed by atoms with E-state index in [4.69, 9.17) is 4.98 Å². The van der Waals surface area contributed by atoms with E-state index >= 15 is 0 Å². The van der Waals surface area contributed by atoms with Crippen LogP contribution in [-0.4, -0.2) is 9.38 Å². The smallest absolute Gasteiger partial charge is 0.139 e. The molecule has 0 radical (unpaired) electrons. The van der Waals surface area contributed by atoms with E-state index in [2.05, 4.69) is 84.2 Å². The van der Waals surface area contributed by atoms with Gasteiger partial charge in [-0.3, -0.25) is 4.40 Å². The van der Waals surface area contributed by atoms with Crippen molar-refractivity contribution < 1.29 is 0 Å². The predicted octanol–water partition coefficient (Wildman–Crippen LogP) is 5.73. The van der Waals surface area contributed by atoms with Crippen LogP contribution in [0.2, 0.25) is 0 Å². The van der Waals surface area contributed by atoms with E-state index in [-0.39, 0.29) is 0 Å². The highest BCUT2D eigenvalue weighted by atomic mass is 15.1. The third kappa shape index (κ3) is 3.77. The molecular formula is C24H23N3. The molecule has 0 aliphatic carbocycles. The minimum absolute atomic E-state index is 0.758. The Morgan fingerprint density at radius 3 is 2.33 bits per heavy atom. The normalized spacial score (nSPS) is 11.3. The van der Waals surface area contributed by atoms with Crippen molar-refractivity contribution in [1.29, 1.82) is 0 Å². The van der Waals surface area contributed by atoms with Crippen LogP contribution in [-0.2, 0) is 6.54 Å². The van der Waals surface area contributed by atoms with Crippen molar-refractivity contribution in [2.45, 2.75) is 20.4 Å². The molecule has 0 aliphatic rings. The average molecular weight is 353 g/mol. The molecule has 0 bridgehead atoms. The number of rotatable bonds is 5. The maximum absolute atomic E-state index is 4.88. The number of pyridine rings is 1. The summed E-state index contributed by atoms with van der Waals surface area (Å²) >= 11 is 0. The van der Waals surface area contributed by atoms with Crippen molar-refractivity contribution >= 4 is 23.6 Å². The number of aryl methyl sites for hydroxylation is 2. The minimum Gasteiger partial charge on any atom is -0.365 e. The van der Waals surface area contributed by atoms with Crippen LogP contribution in [0.4, 0.5) is 5.82 Å². The summed E-state index contributed by atoms with van der Waals surface area (Å²) in [6.07, 6.45) is 4.20. The fraction of sp³-hybridized carbons (Fsp3) is 0.125. The van der Waals surface area contributed by atoms with Crippen LogP contribution in [0.3, 0.4) is 0 Å². The Morgan fingerprint density at radius 1 is 0.889 bits per heavy atom. The van der Waals surface area contributed by atoms with Gasteiger partial charge in [-0.2, -0.15) is 0 Å². The fourth-order valence-corrected chi connectivity index (χ4v) is 3.36. The third-order valence-corrected chi connectivity index (χ3v) is 4.61. The highest BCUT2D eigenvalue weighted by Crippen LogP contribution is 2.24. The number of anilines is 1. The summed E-state index contributed by atoms with van der Waals surface area (Å²) in [5, 5.41) is 3.60. The Bertz CT molecular complexity index is 1080. The van der Waals surface area contributed by atoms with Crippen molar-refractivity contribution in [3.8, 4) is 0 Å². The third-order valence-electron chi connectivity index (χ3n) is 4.61. The van der Waals surface area contributed by atoms with E-state index in [0.717, 1.165) is 29.3 Å². The van der Waals surface area contributed by atoms with Crippen LogP contribution >= 0.6 is 0 Å². The van der Waals surface area contributed by atoms with Crippen molar-refractivity contribution in [3.63, 3.8) is 0 Å². The van der Waals surface area contributed by atoms with Gasteiger partial charge in [-0.25, -0.2) is 4.98 Å². The van der Waals surface area contributed by atoms with Crippen molar-refractivity contribution in [3.05, 3.63) is 101 Å². The van der Waals surface area contributed by atoms with Gasteiger partial charge in [0, 0.05) is 12.2 Å². The predicted molar refractivity (Wildman–Crippen MR) is 114 cm³/mol. The maximum atomic E-state index is 4.88. The first kappa shape index (κ1) is 17.1. The van der Waals surface area contributed by atoms with E-state index in [9.17, 15) is 0 Å². The van der Waals surface area contributed by atoms with Crippen LogP contribution in [0.5, 0.6) is 0 Å². The maximum Gasteiger partial charge on any atom is 0.139 e. The lowest BCUT2D eigenvalue weighted by Crippen LogP contribution is -2.05. The lowest BCUT2D eigenvalue weighted by Gasteiger charge is -2.10. The summed E-state index contributed by atoms with van der Waals surface area (Å²) in [6, 6.07) is 25.1. The molecule has 1 N–H and O–H groups in total. The molecule has 3 heteroatoms. The van der Waals surface area contributed by atoms with Gasteiger partial charge in [0.1, 0.15) is 17.2 Å². The second-order valence-corrected chi connectivity index (χ2v) is 6.80. The van der Waals surface area contributed by atoms with E-state index in [1.54, 1.807) is 0 Å². The zero-order valence-electron chi connectivity index (χ0n) is 15.7. The molecule has 134 valence electrons. The lowest BCUT2D eigenvalue weighted by molar-refractivity contribution is 1.04. The van der Waals surface area contributed by atoms with Crippen molar-refractivity contribution in [1.82, 2.24) is 9.38 Å². The molecule has 27 heavy (non-hydrogen) atoms. The first-order chi connectivity index (χ1) is 13.2. The number of hydrogen-bond donors (Lipinski definition) is 1. The Balaban J connectivity index is 1.74. The molecule has 2 heterocycles. The molecular weight excluding hydrogens is 330 g/mol. The Hall–Kier alpha value is -3.33. The standard InChI is InChI=1S/C24H23N3/c1-18-15-19(2)27-23(16-18)26-22(14-13-20-9-5-3-6-10-20)24(27)25-17-21-11-7-4-8-12-21/h3-16,25H,17H2,1-2H3. The van der Waals surface area contributed by atoms with Crippen LogP contribution in [0.15, 0.2) is 72.8 Å². The number of nitrogens with one attached hydrogen (secondary N) is 1. The summed E-state index contributed by atoms with van der Waals surface area (Å²) in [6.45, 7) is 4.99. The highest BCUT2D eigenvalue weighted by molar-refractivity contribution is 5.76. The van der Waals surface area contributed by atoms with Crippen LogP contribution < -0.4 is 5.32 Å². The van der Waals surface area contributed by atoms with Crippen molar-refractivity contribution in [2.75, 3.05) is 5.32 Å². The largest absolute Gasteiger partial charge is 0.365 e. The summed E-state index contributed by atoms with van der Waals surface area (Å²) < 4.78 is 2.20. The van der Waals surface area contributed by atoms with Gasteiger partial charge in [-0.15, -0.1) is 0 Å². The van der Waals surface area contributed by atoms with Gasteiger partial charge in [0.05, 0.1) is 0 Å². The Kier molecular flexibility index (Phi) is 4.75. The molecule has 0 saturated carbocycles. The number of nitrogens with zero attached hydrogens (tertiary/aromatic N) is 2. The SMILES string of the molecule is Cc1cc(C)n2c(NCc3ccccc3)c(C=Cc3ccccc3)nc2c1. The average Bonchev–Trinajstić information content (AvgIpc) is 3.04. The molecule has 2 aromatic carbocycles. The molecule has 0 unspecified atom stereocenters. The van der Waals surface area contributed by atoms with Crippen LogP contribution in [0.25, 0.3) is 17.8 Å². The van der Waals surface area contributed by atoms with Crippen molar-refractivity contribution in [2.24, 2.45) is 0 Å². The molecule has 2 aromatic heterocycles. The van der Waals surface area contributed by atoms with E-state index in [0.29, 0.717) is 0 Å². The van der Waals surface area contributed by atoms with E-state index in [1.165, 1.54) is 16.8 Å². The minimum atomic E-state index is 0.758. The number of hydrogen-bond acceptors (Lipinski definition) is 2. The Labute approximate surface area is 160 Å². The van der Waals surface area contributed by atoms with Gasteiger partial charge in [-0.05, 0) is 48.7 Å². The molecule has 0 saturated heterocycles. The first-order valence-corrected chi connectivity index (χ1v) is 9.21. The summed E-state index contributed by atoms with van der Waals surface area (Å²) in [7, 11) is 0. The first-order valence-electron chi connectivity index (χ1n) is 9.21. The quantitative estimate of drug-likeness (QED) is 0.496. The van der Waals surface area contributed by atoms with Gasteiger partial charge >= 0.3 is 0 Å². The van der Waals surface area contributed by atoms with Crippen LogP contribution in [0, 0.1) is 13.8 Å². The van der Waals surface area contributed by atoms with Gasteiger partial charge in [0.25, 0.3) is 0 Å². The molecule has 0 aliphatic heterocycles. The number of fused-ring (bicyclic) bond motifs is 1. The van der Waals surface area contributed by atoms with Gasteiger partial charge in [0.2, 0.25) is 0 Å². The molecule has 3 nitrogen and oxygen atoms in total. The number of imidazole rings is 1. The van der Waals surface area contributed by atoms with Gasteiger partial charge in [0.15, 0.2) is 0 Å². The van der Waals surface area contributed by atoms with Gasteiger partial charge in [-0.1, -0.05) is 66.7 Å². The highest BCUT2D eigenvalue weighted by Gasteiger charge is 2.12. The fourth-order valence-electron chi connectivity index (χ4n) is 3.36. The molecule has 0 fully saturated rings. The second-order valence-electron chi connectivity index (χ2n) is 6.80. The molecule has 4 rings (SSSR count). The number of benzene rings is 2.